The monoisotopic (exact) mass is 503 g/mol. The number of carbonyl (C=O) groups is 2. The van der Waals surface area contributed by atoms with Gasteiger partial charge < -0.3 is 14.9 Å². The Morgan fingerprint density at radius 2 is 1.91 bits per heavy atom. The van der Waals surface area contributed by atoms with Crippen molar-refractivity contribution in [2.24, 2.45) is 0 Å². The van der Waals surface area contributed by atoms with E-state index < -0.39 is 18.4 Å². The number of piperazine rings is 1. The van der Waals surface area contributed by atoms with E-state index in [1.165, 1.54) is 0 Å². The Morgan fingerprint density at radius 3 is 2.47 bits per heavy atom. The van der Waals surface area contributed by atoms with Crippen molar-refractivity contribution in [2.75, 3.05) is 44.2 Å². The SMILES string of the molecule is CCCCn1c(N2CCN(CC)CC2)c(/C=C2/SC(=S)N(CC(=O)O)C2=O)c(C)c(C#N)c1=O. The van der Waals surface area contributed by atoms with Crippen molar-refractivity contribution in [2.45, 2.75) is 40.2 Å². The Hall–Kier alpha value is -2.68. The number of nitriles is 1. The second kappa shape index (κ2) is 11.2. The number of amides is 1. The highest BCUT2D eigenvalue weighted by Gasteiger charge is 2.34. The first-order valence-electron chi connectivity index (χ1n) is 11.3. The predicted octanol–water partition coefficient (Wildman–Crippen LogP) is 2.26. The summed E-state index contributed by atoms with van der Waals surface area (Å²) in [5.41, 5.74) is 0.876. The van der Waals surface area contributed by atoms with E-state index in [0.29, 0.717) is 36.6 Å². The summed E-state index contributed by atoms with van der Waals surface area (Å²) in [6, 6.07) is 2.05. The van der Waals surface area contributed by atoms with Gasteiger partial charge in [-0.25, -0.2) is 0 Å². The summed E-state index contributed by atoms with van der Waals surface area (Å²) >= 11 is 6.28. The highest BCUT2D eigenvalue weighted by molar-refractivity contribution is 8.26. The molecule has 3 rings (SSSR count). The number of carbonyl (C=O) groups excluding carboxylic acids is 1. The van der Waals surface area contributed by atoms with Crippen molar-refractivity contribution in [3.05, 3.63) is 31.9 Å². The molecule has 1 aromatic rings. The molecule has 2 fully saturated rings. The molecule has 0 radical (unpaired) electrons. The molecule has 2 saturated heterocycles. The summed E-state index contributed by atoms with van der Waals surface area (Å²) in [4.78, 5) is 43.3. The molecule has 182 valence electrons. The van der Waals surface area contributed by atoms with E-state index in [4.69, 9.17) is 17.3 Å². The summed E-state index contributed by atoms with van der Waals surface area (Å²) in [7, 11) is 0. The normalized spacial score (nSPS) is 18.1. The van der Waals surface area contributed by atoms with Crippen molar-refractivity contribution in [3.8, 4) is 6.07 Å². The minimum atomic E-state index is -1.15. The number of carboxylic acids is 1. The number of hydrogen-bond acceptors (Lipinski definition) is 8. The van der Waals surface area contributed by atoms with Crippen LogP contribution in [0.4, 0.5) is 5.82 Å². The number of unbranched alkanes of at least 4 members (excludes halogenated alkanes) is 1. The number of carboxylic acid groups (broad SMARTS) is 1. The molecule has 0 spiro atoms. The number of nitrogens with zero attached hydrogens (tertiary/aromatic N) is 5. The molecular formula is C23H29N5O4S2. The van der Waals surface area contributed by atoms with Gasteiger partial charge in [0.05, 0.1) is 4.91 Å². The van der Waals surface area contributed by atoms with Crippen LogP contribution in [0.2, 0.25) is 0 Å². The number of hydrogen-bond donors (Lipinski definition) is 1. The third kappa shape index (κ3) is 5.19. The molecule has 0 aliphatic carbocycles. The van der Waals surface area contributed by atoms with Crippen LogP contribution in [0, 0.1) is 18.3 Å². The molecule has 3 heterocycles. The first-order valence-corrected chi connectivity index (χ1v) is 12.6. The molecule has 2 aliphatic heterocycles. The molecular weight excluding hydrogens is 474 g/mol. The standard InChI is InChI=1S/C23H29N5O4S2/c1-4-6-7-27-20(26-10-8-25(5-2)9-11-26)16(15(3)17(13-24)21(27)31)12-18-22(32)28(14-19(29)30)23(33)34-18/h12H,4-11,14H2,1-3H3,(H,29,30)/b18-12+. The quantitative estimate of drug-likeness (QED) is 0.422. The van der Waals surface area contributed by atoms with E-state index in [2.05, 4.69) is 22.8 Å². The van der Waals surface area contributed by atoms with Crippen LogP contribution in [-0.2, 0) is 16.1 Å². The Labute approximate surface area is 208 Å². The Balaban J connectivity index is 2.19. The minimum Gasteiger partial charge on any atom is -0.480 e. The number of rotatable bonds is 8. The van der Waals surface area contributed by atoms with Gasteiger partial charge in [0, 0.05) is 38.3 Å². The predicted molar refractivity (Wildman–Crippen MR) is 137 cm³/mol. The zero-order valence-corrected chi connectivity index (χ0v) is 21.3. The van der Waals surface area contributed by atoms with E-state index in [9.17, 15) is 19.6 Å². The van der Waals surface area contributed by atoms with Gasteiger partial charge in [-0.2, -0.15) is 5.26 Å². The third-order valence-electron chi connectivity index (χ3n) is 6.14. The fraction of sp³-hybridized carbons (Fsp3) is 0.522. The molecule has 34 heavy (non-hydrogen) atoms. The topological polar surface area (TPSA) is 110 Å². The van der Waals surface area contributed by atoms with Crippen LogP contribution in [0.1, 0.15) is 43.4 Å². The first kappa shape index (κ1) is 25.9. The van der Waals surface area contributed by atoms with Crippen LogP contribution in [0.3, 0.4) is 0 Å². The molecule has 0 aromatic carbocycles. The highest BCUT2D eigenvalue weighted by atomic mass is 32.2. The zero-order chi connectivity index (χ0) is 25.0. The maximum absolute atomic E-state index is 13.3. The Bertz CT molecular complexity index is 1130. The fourth-order valence-corrected chi connectivity index (χ4v) is 5.42. The molecule has 1 amide bonds. The van der Waals surface area contributed by atoms with E-state index in [1.807, 2.05) is 6.92 Å². The molecule has 1 N–H and O–H groups in total. The summed E-state index contributed by atoms with van der Waals surface area (Å²) in [5, 5.41) is 18.9. The van der Waals surface area contributed by atoms with Gasteiger partial charge in [0.1, 0.15) is 28.3 Å². The molecule has 0 unspecified atom stereocenters. The number of pyridine rings is 1. The zero-order valence-electron chi connectivity index (χ0n) is 19.7. The van der Waals surface area contributed by atoms with Crippen LogP contribution in [0.25, 0.3) is 6.08 Å². The largest absolute Gasteiger partial charge is 0.480 e. The number of thioether (sulfide) groups is 1. The lowest BCUT2D eigenvalue weighted by Crippen LogP contribution is -2.48. The first-order chi connectivity index (χ1) is 16.2. The van der Waals surface area contributed by atoms with Gasteiger partial charge in [-0.15, -0.1) is 0 Å². The Kier molecular flexibility index (Phi) is 8.52. The average molecular weight is 504 g/mol. The van der Waals surface area contributed by atoms with Gasteiger partial charge in [-0.1, -0.05) is 44.2 Å². The van der Waals surface area contributed by atoms with Crippen molar-refractivity contribution in [3.63, 3.8) is 0 Å². The summed E-state index contributed by atoms with van der Waals surface area (Å²) in [6.45, 7) is 9.90. The molecule has 0 bridgehead atoms. The maximum atomic E-state index is 13.3. The van der Waals surface area contributed by atoms with Crippen molar-refractivity contribution >= 4 is 52.1 Å². The molecule has 9 nitrogen and oxygen atoms in total. The smallest absolute Gasteiger partial charge is 0.323 e. The second-order valence-corrected chi connectivity index (χ2v) is 9.92. The van der Waals surface area contributed by atoms with Crippen molar-refractivity contribution < 1.29 is 14.7 Å². The summed E-state index contributed by atoms with van der Waals surface area (Å²) in [6.07, 6.45) is 3.32. The molecule has 2 aliphatic rings. The van der Waals surface area contributed by atoms with Crippen LogP contribution in [0.15, 0.2) is 9.70 Å². The van der Waals surface area contributed by atoms with Crippen LogP contribution >= 0.6 is 24.0 Å². The van der Waals surface area contributed by atoms with E-state index in [-0.39, 0.29) is 20.3 Å². The lowest BCUT2D eigenvalue weighted by Gasteiger charge is -2.37. The van der Waals surface area contributed by atoms with Crippen LogP contribution in [-0.4, -0.2) is 74.9 Å². The second-order valence-electron chi connectivity index (χ2n) is 8.24. The molecule has 0 atom stereocenters. The summed E-state index contributed by atoms with van der Waals surface area (Å²) in [5.74, 6) is -0.930. The highest BCUT2D eigenvalue weighted by Crippen LogP contribution is 2.36. The van der Waals surface area contributed by atoms with E-state index in [0.717, 1.165) is 49.1 Å². The Morgan fingerprint density at radius 1 is 1.24 bits per heavy atom. The van der Waals surface area contributed by atoms with E-state index in [1.54, 1.807) is 17.6 Å². The number of likely N-dealkylation sites (N-methyl/N-ethyl adjacent to an activating group) is 1. The molecule has 1 aromatic heterocycles. The van der Waals surface area contributed by atoms with Gasteiger partial charge in [0.15, 0.2) is 0 Å². The van der Waals surface area contributed by atoms with Gasteiger partial charge in [-0.3, -0.25) is 23.9 Å². The molecule has 0 saturated carbocycles. The lowest BCUT2D eigenvalue weighted by atomic mass is 10.0. The number of thiocarbonyl (C=S) groups is 1. The lowest BCUT2D eigenvalue weighted by molar-refractivity contribution is -0.140. The molecule has 11 heteroatoms. The summed E-state index contributed by atoms with van der Waals surface area (Å²) < 4.78 is 1.84. The number of anilines is 1. The fourth-order valence-electron chi connectivity index (χ4n) is 4.19. The van der Waals surface area contributed by atoms with Gasteiger partial charge >= 0.3 is 5.97 Å². The van der Waals surface area contributed by atoms with Crippen molar-refractivity contribution in [1.82, 2.24) is 14.4 Å². The third-order valence-corrected chi connectivity index (χ3v) is 7.52. The van der Waals surface area contributed by atoms with Gasteiger partial charge in [-0.05, 0) is 31.5 Å². The number of aliphatic carboxylic acids is 1. The number of aromatic nitrogens is 1. The van der Waals surface area contributed by atoms with Gasteiger partial charge in [0.2, 0.25) is 0 Å². The average Bonchev–Trinajstić information content (AvgIpc) is 3.07. The van der Waals surface area contributed by atoms with Crippen LogP contribution in [0.5, 0.6) is 0 Å². The van der Waals surface area contributed by atoms with E-state index >= 15 is 0 Å². The van der Waals surface area contributed by atoms with Crippen LogP contribution < -0.4 is 10.5 Å². The minimum absolute atomic E-state index is 0.0549. The van der Waals surface area contributed by atoms with Gasteiger partial charge in [0.25, 0.3) is 11.5 Å². The maximum Gasteiger partial charge on any atom is 0.323 e. The van der Waals surface area contributed by atoms with Crippen molar-refractivity contribution in [1.29, 1.82) is 5.26 Å².